The molecule has 1 amide bonds. The highest BCUT2D eigenvalue weighted by Crippen LogP contribution is 2.44. The molecule has 1 aromatic heterocycles. The minimum Gasteiger partial charge on any atom is -0.448 e. The molecule has 0 unspecified atom stereocenters. The Kier molecular flexibility index (Phi) is 4.35. The highest BCUT2D eigenvalue weighted by Gasteiger charge is 2.29. The van der Waals surface area contributed by atoms with Crippen molar-refractivity contribution in [2.24, 2.45) is 0 Å². The molecule has 27 heavy (non-hydrogen) atoms. The number of carbonyl (C=O) groups excluding carboxylic acids is 1. The molecular weight excluding hydrogens is 336 g/mol. The number of nitrogens with zero attached hydrogens (tertiary/aromatic N) is 1. The fraction of sp³-hybridized carbons (Fsp3) is 0.130. The number of fused-ring (bicyclic) bond motifs is 3. The van der Waals surface area contributed by atoms with Crippen molar-refractivity contribution in [2.75, 3.05) is 11.9 Å². The molecule has 0 saturated carbocycles. The first-order valence-electron chi connectivity index (χ1n) is 8.73. The SMILES string of the molecule is C#Cc1nccc(C)c1NC(=O)OCC1c2ccccc2-c2ccccc21. The number of aryl methyl sites for hydroxylation is 1. The van der Waals surface area contributed by atoms with E-state index >= 15 is 0 Å². The molecule has 0 fully saturated rings. The molecule has 1 N–H and O–H groups in total. The summed E-state index contributed by atoms with van der Waals surface area (Å²) in [6.07, 6.45) is 6.55. The summed E-state index contributed by atoms with van der Waals surface area (Å²) < 4.78 is 5.55. The Hall–Kier alpha value is -3.58. The number of pyridine rings is 1. The van der Waals surface area contributed by atoms with E-state index in [1.165, 1.54) is 22.3 Å². The van der Waals surface area contributed by atoms with E-state index < -0.39 is 6.09 Å². The van der Waals surface area contributed by atoms with Crippen LogP contribution < -0.4 is 5.32 Å². The van der Waals surface area contributed by atoms with Gasteiger partial charge in [0, 0.05) is 12.1 Å². The maximum atomic E-state index is 12.4. The van der Waals surface area contributed by atoms with Crippen LogP contribution in [0.3, 0.4) is 0 Å². The number of rotatable bonds is 3. The lowest BCUT2D eigenvalue weighted by Gasteiger charge is -2.15. The molecule has 2 aromatic carbocycles. The number of benzene rings is 2. The summed E-state index contributed by atoms with van der Waals surface area (Å²) in [6, 6.07) is 18.2. The van der Waals surface area contributed by atoms with Gasteiger partial charge in [-0.25, -0.2) is 9.78 Å². The second-order valence-electron chi connectivity index (χ2n) is 6.45. The van der Waals surface area contributed by atoms with Gasteiger partial charge in [0.1, 0.15) is 12.3 Å². The Balaban J connectivity index is 1.53. The van der Waals surface area contributed by atoms with Gasteiger partial charge < -0.3 is 4.74 Å². The summed E-state index contributed by atoms with van der Waals surface area (Å²) in [4.78, 5) is 16.5. The van der Waals surface area contributed by atoms with Crippen molar-refractivity contribution in [1.82, 2.24) is 4.98 Å². The van der Waals surface area contributed by atoms with E-state index in [-0.39, 0.29) is 12.5 Å². The standard InChI is InChI=1S/C23H18N2O2/c1-3-21-22(15(2)12-13-24-21)25-23(26)27-14-20-18-10-6-4-8-16(18)17-9-5-7-11-19(17)20/h1,4-13,20H,14H2,2H3,(H,25,26). The van der Waals surface area contributed by atoms with Crippen LogP contribution in [-0.2, 0) is 4.74 Å². The number of hydrogen-bond donors (Lipinski definition) is 1. The molecule has 4 rings (SSSR count). The molecule has 0 atom stereocenters. The zero-order valence-corrected chi connectivity index (χ0v) is 14.9. The number of hydrogen-bond acceptors (Lipinski definition) is 3. The summed E-state index contributed by atoms with van der Waals surface area (Å²) in [5.74, 6) is 2.50. The first-order valence-corrected chi connectivity index (χ1v) is 8.73. The van der Waals surface area contributed by atoms with Crippen LogP contribution in [0.25, 0.3) is 11.1 Å². The number of nitrogens with one attached hydrogen (secondary N) is 1. The van der Waals surface area contributed by atoms with Crippen molar-refractivity contribution in [3.05, 3.63) is 83.2 Å². The normalized spacial score (nSPS) is 12.0. The number of carbonyl (C=O) groups is 1. The molecule has 1 aliphatic rings. The van der Waals surface area contributed by atoms with Gasteiger partial charge in [0.2, 0.25) is 0 Å². The van der Waals surface area contributed by atoms with E-state index in [4.69, 9.17) is 11.2 Å². The third kappa shape index (κ3) is 3.04. The quantitative estimate of drug-likeness (QED) is 0.692. The molecular formula is C23H18N2O2. The number of anilines is 1. The lowest BCUT2D eigenvalue weighted by atomic mass is 9.98. The lowest BCUT2D eigenvalue weighted by Crippen LogP contribution is -2.19. The van der Waals surface area contributed by atoms with Gasteiger partial charge in [-0.05, 0) is 46.7 Å². The van der Waals surface area contributed by atoms with Gasteiger partial charge >= 0.3 is 6.09 Å². The molecule has 4 heteroatoms. The predicted molar refractivity (Wildman–Crippen MR) is 106 cm³/mol. The van der Waals surface area contributed by atoms with E-state index in [0.29, 0.717) is 11.4 Å². The maximum Gasteiger partial charge on any atom is 0.411 e. The Bertz CT molecular complexity index is 1020. The first-order chi connectivity index (χ1) is 13.2. The number of amides is 1. The van der Waals surface area contributed by atoms with Gasteiger partial charge in [-0.1, -0.05) is 48.5 Å². The van der Waals surface area contributed by atoms with Gasteiger partial charge in [0.15, 0.2) is 0 Å². The van der Waals surface area contributed by atoms with Crippen molar-refractivity contribution >= 4 is 11.8 Å². The van der Waals surface area contributed by atoms with Gasteiger partial charge in [0.05, 0.1) is 5.69 Å². The predicted octanol–water partition coefficient (Wildman–Crippen LogP) is 4.73. The third-order valence-corrected chi connectivity index (χ3v) is 4.87. The van der Waals surface area contributed by atoms with Crippen molar-refractivity contribution in [2.45, 2.75) is 12.8 Å². The second-order valence-corrected chi connectivity index (χ2v) is 6.45. The zero-order valence-electron chi connectivity index (χ0n) is 14.9. The number of ether oxygens (including phenoxy) is 1. The summed E-state index contributed by atoms with van der Waals surface area (Å²) in [5, 5.41) is 2.74. The van der Waals surface area contributed by atoms with E-state index in [9.17, 15) is 4.79 Å². The van der Waals surface area contributed by atoms with Crippen LogP contribution >= 0.6 is 0 Å². The number of aromatic nitrogens is 1. The highest BCUT2D eigenvalue weighted by atomic mass is 16.5. The van der Waals surface area contributed by atoms with Gasteiger partial charge in [-0.2, -0.15) is 0 Å². The average molecular weight is 354 g/mol. The number of terminal acetylenes is 1. The Morgan fingerprint density at radius 3 is 2.37 bits per heavy atom. The summed E-state index contributed by atoms with van der Waals surface area (Å²) in [6.45, 7) is 2.12. The van der Waals surface area contributed by atoms with Crippen LogP contribution in [0.2, 0.25) is 0 Å². The van der Waals surface area contributed by atoms with Crippen LogP contribution in [0.5, 0.6) is 0 Å². The molecule has 1 heterocycles. The largest absolute Gasteiger partial charge is 0.448 e. The Morgan fingerprint density at radius 2 is 1.74 bits per heavy atom. The molecule has 0 bridgehead atoms. The van der Waals surface area contributed by atoms with Crippen LogP contribution in [0, 0.1) is 19.3 Å². The molecule has 0 saturated heterocycles. The molecule has 0 spiro atoms. The van der Waals surface area contributed by atoms with Gasteiger partial charge in [-0.3, -0.25) is 5.32 Å². The third-order valence-electron chi connectivity index (χ3n) is 4.87. The van der Waals surface area contributed by atoms with Gasteiger partial charge in [0.25, 0.3) is 0 Å². The maximum absolute atomic E-state index is 12.4. The van der Waals surface area contributed by atoms with Crippen molar-refractivity contribution in [1.29, 1.82) is 0 Å². The summed E-state index contributed by atoms with van der Waals surface area (Å²) >= 11 is 0. The first kappa shape index (κ1) is 16.9. The minimum atomic E-state index is -0.538. The zero-order chi connectivity index (χ0) is 18.8. The minimum absolute atomic E-state index is 0.0187. The van der Waals surface area contributed by atoms with Crippen molar-refractivity contribution in [3.63, 3.8) is 0 Å². The molecule has 4 nitrogen and oxygen atoms in total. The van der Waals surface area contributed by atoms with Crippen molar-refractivity contribution in [3.8, 4) is 23.5 Å². The smallest absolute Gasteiger partial charge is 0.411 e. The van der Waals surface area contributed by atoms with E-state index in [2.05, 4.69) is 40.5 Å². The lowest BCUT2D eigenvalue weighted by molar-refractivity contribution is 0.158. The molecule has 1 aliphatic carbocycles. The van der Waals surface area contributed by atoms with Crippen LogP contribution in [0.15, 0.2) is 60.8 Å². The fourth-order valence-corrected chi connectivity index (χ4v) is 3.56. The highest BCUT2D eigenvalue weighted by molar-refractivity contribution is 5.87. The van der Waals surface area contributed by atoms with E-state index in [1.807, 2.05) is 31.2 Å². The monoisotopic (exact) mass is 354 g/mol. The van der Waals surface area contributed by atoms with E-state index in [1.54, 1.807) is 12.3 Å². The topological polar surface area (TPSA) is 51.2 Å². The van der Waals surface area contributed by atoms with Gasteiger partial charge in [-0.15, -0.1) is 6.42 Å². The van der Waals surface area contributed by atoms with Crippen LogP contribution in [0.1, 0.15) is 28.3 Å². The average Bonchev–Trinajstić information content (AvgIpc) is 3.02. The summed E-state index contributed by atoms with van der Waals surface area (Å²) in [7, 11) is 0. The summed E-state index contributed by atoms with van der Waals surface area (Å²) in [5.41, 5.74) is 6.48. The molecule has 0 radical (unpaired) electrons. The van der Waals surface area contributed by atoms with E-state index in [0.717, 1.165) is 5.56 Å². The second kappa shape index (κ2) is 6.97. The molecule has 132 valence electrons. The van der Waals surface area contributed by atoms with Crippen LogP contribution in [-0.4, -0.2) is 17.7 Å². The van der Waals surface area contributed by atoms with Crippen molar-refractivity contribution < 1.29 is 9.53 Å². The Morgan fingerprint density at radius 1 is 1.11 bits per heavy atom. The Labute approximate surface area is 158 Å². The molecule has 0 aliphatic heterocycles. The molecule has 3 aromatic rings. The fourth-order valence-electron chi connectivity index (χ4n) is 3.56. The van der Waals surface area contributed by atoms with Crippen LogP contribution in [0.4, 0.5) is 10.5 Å².